The minimum atomic E-state index is -0.381. The molecule has 1 heterocycles. The molecule has 1 aliphatic rings. The Morgan fingerprint density at radius 3 is 2.61 bits per heavy atom. The highest BCUT2D eigenvalue weighted by Crippen LogP contribution is 2.35. The molecule has 3 aromatic carbocycles. The number of rotatable bonds is 10. The van der Waals surface area contributed by atoms with Gasteiger partial charge in [-0.15, -0.1) is 0 Å². The summed E-state index contributed by atoms with van der Waals surface area (Å²) in [5.74, 6) is -0.427. The predicted octanol–water partition coefficient (Wildman–Crippen LogP) is 6.25. The number of halogens is 2. The van der Waals surface area contributed by atoms with Crippen LogP contribution >= 0.6 is 27.7 Å². The maximum Gasteiger partial charge on any atom is 0.266 e. The van der Waals surface area contributed by atoms with Crippen LogP contribution in [-0.4, -0.2) is 48.2 Å². The van der Waals surface area contributed by atoms with Crippen LogP contribution in [0.4, 0.5) is 15.8 Å². The van der Waals surface area contributed by atoms with Crippen molar-refractivity contribution >= 4 is 62.1 Å². The summed E-state index contributed by atoms with van der Waals surface area (Å²) in [5, 5.41) is 3.24. The van der Waals surface area contributed by atoms with Crippen molar-refractivity contribution < 1.29 is 23.5 Å². The van der Waals surface area contributed by atoms with Gasteiger partial charge in [0.15, 0.2) is 11.8 Å². The molecule has 0 radical (unpaired) electrons. The molecule has 0 saturated carbocycles. The molecule has 7 nitrogen and oxygen atoms in total. The van der Waals surface area contributed by atoms with E-state index >= 15 is 0 Å². The summed E-state index contributed by atoms with van der Waals surface area (Å²) >= 11 is 4.79. The molecule has 0 spiro atoms. The van der Waals surface area contributed by atoms with Crippen molar-refractivity contribution in [2.45, 2.75) is 6.92 Å². The Hall–Kier alpha value is -3.47. The molecular formula is C28H25BrFN3O4S. The summed E-state index contributed by atoms with van der Waals surface area (Å²) in [4.78, 5) is 32.2. The van der Waals surface area contributed by atoms with Crippen molar-refractivity contribution in [2.75, 3.05) is 31.7 Å². The minimum absolute atomic E-state index is 0.140. The number of nitrogens with one attached hydrogen (secondary N) is 1. The van der Waals surface area contributed by atoms with Crippen LogP contribution in [0.2, 0.25) is 0 Å². The number of hydrogen-bond donors (Lipinski definition) is 1. The molecule has 10 heteroatoms. The van der Waals surface area contributed by atoms with E-state index in [1.165, 1.54) is 36.0 Å². The number of nitrogens with zero attached hydrogens (tertiary/aromatic N) is 2. The minimum Gasteiger partial charge on any atom is -0.483 e. The second kappa shape index (κ2) is 13.4. The van der Waals surface area contributed by atoms with Gasteiger partial charge in [-0.2, -0.15) is 0 Å². The average Bonchev–Trinajstić information content (AvgIpc) is 3.19. The Kier molecular flexibility index (Phi) is 9.69. The molecule has 4 rings (SSSR count). The van der Waals surface area contributed by atoms with Gasteiger partial charge in [0, 0.05) is 12.3 Å². The molecule has 0 unspecified atom stereocenters. The van der Waals surface area contributed by atoms with E-state index in [0.717, 1.165) is 11.3 Å². The SMILES string of the molecule is CCOCCN1C(=O)/C(=C/c2ccc(OCC(=O)Nc3ccc(F)cc3)c(Br)c2)SC1=Nc1ccccc1. The number of carbonyl (C=O) groups excluding carboxylic acids is 2. The second-order valence-electron chi connectivity index (χ2n) is 8.03. The first-order valence-corrected chi connectivity index (χ1v) is 13.4. The lowest BCUT2D eigenvalue weighted by molar-refractivity contribution is -0.122. The van der Waals surface area contributed by atoms with Crippen molar-refractivity contribution in [1.82, 2.24) is 4.90 Å². The smallest absolute Gasteiger partial charge is 0.266 e. The van der Waals surface area contributed by atoms with Crippen LogP contribution < -0.4 is 10.1 Å². The Morgan fingerprint density at radius 1 is 1.13 bits per heavy atom. The van der Waals surface area contributed by atoms with Gasteiger partial charge in [-0.05, 0) is 94.8 Å². The van der Waals surface area contributed by atoms with Crippen molar-refractivity contribution in [1.29, 1.82) is 0 Å². The maximum atomic E-state index is 13.2. The fraction of sp³-hybridized carbons (Fsp3) is 0.179. The number of amides is 2. The summed E-state index contributed by atoms with van der Waals surface area (Å²) in [6, 6.07) is 20.3. The lowest BCUT2D eigenvalue weighted by Gasteiger charge is -2.15. The zero-order chi connectivity index (χ0) is 26.9. The van der Waals surface area contributed by atoms with Crippen molar-refractivity contribution in [3.63, 3.8) is 0 Å². The summed E-state index contributed by atoms with van der Waals surface area (Å²) in [6.45, 7) is 3.07. The third kappa shape index (κ3) is 7.53. The van der Waals surface area contributed by atoms with Crippen LogP contribution in [0.25, 0.3) is 6.08 Å². The number of aliphatic imine (C=N–C) groups is 1. The van der Waals surface area contributed by atoms with Gasteiger partial charge in [0.05, 0.1) is 28.2 Å². The van der Waals surface area contributed by atoms with Crippen LogP contribution in [0.15, 0.2) is 87.2 Å². The molecule has 1 aliphatic heterocycles. The van der Waals surface area contributed by atoms with Crippen LogP contribution in [0.3, 0.4) is 0 Å². The maximum absolute atomic E-state index is 13.2. The third-order valence-electron chi connectivity index (χ3n) is 5.27. The fourth-order valence-electron chi connectivity index (χ4n) is 3.45. The second-order valence-corrected chi connectivity index (χ2v) is 9.89. The number of thioether (sulfide) groups is 1. The summed E-state index contributed by atoms with van der Waals surface area (Å²) in [6.07, 6.45) is 1.80. The zero-order valence-corrected chi connectivity index (χ0v) is 22.9. The molecule has 0 bridgehead atoms. The lowest BCUT2D eigenvalue weighted by atomic mass is 10.2. The summed E-state index contributed by atoms with van der Waals surface area (Å²) in [7, 11) is 0. The largest absolute Gasteiger partial charge is 0.483 e. The van der Waals surface area contributed by atoms with E-state index in [1.807, 2.05) is 43.3 Å². The Labute approximate surface area is 232 Å². The van der Waals surface area contributed by atoms with Crippen LogP contribution in [0.1, 0.15) is 12.5 Å². The normalized spacial score (nSPS) is 15.3. The van der Waals surface area contributed by atoms with Crippen molar-refractivity contribution in [2.24, 2.45) is 4.99 Å². The highest BCUT2D eigenvalue weighted by molar-refractivity contribution is 9.10. The summed E-state index contributed by atoms with van der Waals surface area (Å²) in [5.41, 5.74) is 2.02. The van der Waals surface area contributed by atoms with E-state index in [0.29, 0.717) is 45.7 Å². The number of ether oxygens (including phenoxy) is 2. The van der Waals surface area contributed by atoms with Gasteiger partial charge in [0.1, 0.15) is 11.6 Å². The molecule has 38 heavy (non-hydrogen) atoms. The molecular weight excluding hydrogens is 573 g/mol. The monoisotopic (exact) mass is 597 g/mol. The van der Waals surface area contributed by atoms with Crippen LogP contribution in [-0.2, 0) is 14.3 Å². The number of amidine groups is 1. The van der Waals surface area contributed by atoms with E-state index < -0.39 is 0 Å². The highest BCUT2D eigenvalue weighted by atomic mass is 79.9. The number of anilines is 1. The first kappa shape index (κ1) is 27.6. The van der Waals surface area contributed by atoms with E-state index in [-0.39, 0.29) is 24.2 Å². The number of hydrogen-bond acceptors (Lipinski definition) is 6. The number of carbonyl (C=O) groups is 2. The first-order valence-electron chi connectivity index (χ1n) is 11.8. The molecule has 1 N–H and O–H groups in total. The third-order valence-corrected chi connectivity index (χ3v) is 6.90. The van der Waals surface area contributed by atoms with E-state index in [2.05, 4.69) is 26.2 Å². The van der Waals surface area contributed by atoms with Gasteiger partial charge < -0.3 is 14.8 Å². The Morgan fingerprint density at radius 2 is 1.89 bits per heavy atom. The van der Waals surface area contributed by atoms with Gasteiger partial charge in [-0.25, -0.2) is 9.38 Å². The number of para-hydroxylation sites is 1. The standard InChI is InChI=1S/C28H25BrFN3O4S/c1-2-36-15-14-33-27(35)25(38-28(33)32-21-6-4-3-5-7-21)17-19-8-13-24(23(29)16-19)37-18-26(34)31-22-11-9-20(30)10-12-22/h3-13,16-17H,2,14-15,18H2,1H3,(H,31,34)/b25-17-,32-28?. The molecule has 1 saturated heterocycles. The molecule has 2 amide bonds. The van der Waals surface area contributed by atoms with Crippen LogP contribution in [0.5, 0.6) is 5.75 Å². The lowest BCUT2D eigenvalue weighted by Crippen LogP contribution is -2.32. The highest BCUT2D eigenvalue weighted by Gasteiger charge is 2.33. The van der Waals surface area contributed by atoms with Crippen molar-refractivity contribution in [3.8, 4) is 5.75 Å². The number of benzene rings is 3. The van der Waals surface area contributed by atoms with Crippen molar-refractivity contribution in [3.05, 3.63) is 93.6 Å². The Balaban J connectivity index is 1.44. The van der Waals surface area contributed by atoms with Gasteiger partial charge in [0.25, 0.3) is 11.8 Å². The quantitative estimate of drug-likeness (QED) is 0.221. The zero-order valence-electron chi connectivity index (χ0n) is 20.5. The molecule has 0 atom stereocenters. The molecule has 0 aromatic heterocycles. The molecule has 196 valence electrons. The molecule has 0 aliphatic carbocycles. The molecule has 1 fully saturated rings. The topological polar surface area (TPSA) is 80.2 Å². The average molecular weight is 598 g/mol. The van der Waals surface area contributed by atoms with E-state index in [1.54, 1.807) is 23.1 Å². The summed E-state index contributed by atoms with van der Waals surface area (Å²) < 4.78 is 24.7. The van der Waals surface area contributed by atoms with Gasteiger partial charge in [0.2, 0.25) is 0 Å². The fourth-order valence-corrected chi connectivity index (χ4v) is 4.99. The Bertz CT molecular complexity index is 1350. The van der Waals surface area contributed by atoms with Gasteiger partial charge in [-0.1, -0.05) is 24.3 Å². The van der Waals surface area contributed by atoms with Crippen LogP contribution in [0, 0.1) is 5.82 Å². The first-order chi connectivity index (χ1) is 18.4. The van der Waals surface area contributed by atoms with E-state index in [9.17, 15) is 14.0 Å². The molecule has 3 aromatic rings. The van der Waals surface area contributed by atoms with Gasteiger partial charge >= 0.3 is 0 Å². The van der Waals surface area contributed by atoms with Gasteiger partial charge in [-0.3, -0.25) is 14.5 Å². The predicted molar refractivity (Wildman–Crippen MR) is 152 cm³/mol. The van der Waals surface area contributed by atoms with E-state index in [4.69, 9.17) is 9.47 Å².